The molecule has 2 atom stereocenters. The lowest BCUT2D eigenvalue weighted by Gasteiger charge is -2.43. The molecule has 3 saturated heterocycles. The van der Waals surface area contributed by atoms with Crippen LogP contribution in [0, 0.1) is 0 Å². The molecule has 5 heterocycles. The lowest BCUT2D eigenvalue weighted by Crippen LogP contribution is -2.54. The van der Waals surface area contributed by atoms with Crippen LogP contribution in [0.2, 0.25) is 0 Å². The van der Waals surface area contributed by atoms with Crippen molar-refractivity contribution in [2.45, 2.75) is 43.7 Å². The summed E-state index contributed by atoms with van der Waals surface area (Å²) in [6.45, 7) is 3.90. The lowest BCUT2D eigenvalue weighted by molar-refractivity contribution is 0.251. The standard InChI is InChI=1S/C26H32N8O/c1-32-12-9-17(10-13-32)26-28-11-8-24(29-26)34-18-6-7-19(34)16-33(15-18)22-14-21(30-31-25(22)27)20-4-2-3-5-23(20)35/h2-5,8,11,14,17-19,35H,6-7,9-10,12-13,15-16H2,1H3,(H2,27,31). The van der Waals surface area contributed by atoms with Gasteiger partial charge in [-0.05, 0) is 70.1 Å². The van der Waals surface area contributed by atoms with Crippen molar-refractivity contribution in [1.82, 2.24) is 25.1 Å². The van der Waals surface area contributed by atoms with Crippen molar-refractivity contribution >= 4 is 17.3 Å². The van der Waals surface area contributed by atoms with Gasteiger partial charge in [-0.25, -0.2) is 9.97 Å². The van der Waals surface area contributed by atoms with Crippen molar-refractivity contribution < 1.29 is 5.11 Å². The lowest BCUT2D eigenvalue weighted by atomic mass is 9.96. The highest BCUT2D eigenvalue weighted by Gasteiger charge is 2.41. The molecule has 9 heteroatoms. The third-order valence-electron chi connectivity index (χ3n) is 7.81. The minimum absolute atomic E-state index is 0.187. The van der Waals surface area contributed by atoms with Crippen LogP contribution in [0.25, 0.3) is 11.3 Å². The molecule has 0 saturated carbocycles. The molecular formula is C26H32N8O. The zero-order chi connectivity index (χ0) is 23.9. The third-order valence-corrected chi connectivity index (χ3v) is 7.81. The first-order valence-corrected chi connectivity index (χ1v) is 12.5. The molecule has 2 aromatic heterocycles. The van der Waals surface area contributed by atoms with Gasteiger partial charge in [0.2, 0.25) is 0 Å². The van der Waals surface area contributed by atoms with E-state index in [0.717, 1.165) is 69.2 Å². The summed E-state index contributed by atoms with van der Waals surface area (Å²) < 4.78 is 0. The molecule has 3 N–H and O–H groups in total. The largest absolute Gasteiger partial charge is 0.507 e. The van der Waals surface area contributed by atoms with E-state index < -0.39 is 0 Å². The molecule has 0 aliphatic carbocycles. The third kappa shape index (κ3) is 4.14. The van der Waals surface area contributed by atoms with Crippen LogP contribution in [0.5, 0.6) is 5.75 Å². The van der Waals surface area contributed by atoms with Gasteiger partial charge < -0.3 is 25.5 Å². The first kappa shape index (κ1) is 22.0. The number of nitrogen functional groups attached to an aromatic ring is 1. The van der Waals surface area contributed by atoms with E-state index in [1.165, 1.54) is 0 Å². The van der Waals surface area contributed by atoms with Crippen molar-refractivity contribution in [3.63, 3.8) is 0 Å². The Morgan fingerprint density at radius 3 is 2.46 bits per heavy atom. The van der Waals surface area contributed by atoms with Crippen LogP contribution in [-0.4, -0.2) is 75.5 Å². The van der Waals surface area contributed by atoms with Crippen LogP contribution in [0.3, 0.4) is 0 Å². The van der Waals surface area contributed by atoms with Crippen molar-refractivity contribution in [2.24, 2.45) is 0 Å². The number of hydrogen-bond acceptors (Lipinski definition) is 9. The maximum absolute atomic E-state index is 10.3. The number of likely N-dealkylation sites (tertiary alicyclic amines) is 1. The van der Waals surface area contributed by atoms with Crippen molar-refractivity contribution in [2.75, 3.05) is 48.8 Å². The Kier molecular flexibility index (Phi) is 5.64. The Bertz CT molecular complexity index is 1200. The number of piperidine rings is 1. The Labute approximate surface area is 205 Å². The summed E-state index contributed by atoms with van der Waals surface area (Å²) >= 11 is 0. The number of nitrogens with two attached hydrogens (primary N) is 1. The maximum atomic E-state index is 10.3. The van der Waals surface area contributed by atoms with Gasteiger partial charge in [0.25, 0.3) is 0 Å². The van der Waals surface area contributed by atoms with E-state index in [1.807, 2.05) is 24.4 Å². The highest BCUT2D eigenvalue weighted by molar-refractivity contribution is 5.74. The summed E-state index contributed by atoms with van der Waals surface area (Å²) in [7, 11) is 2.18. The molecule has 1 aromatic carbocycles. The van der Waals surface area contributed by atoms with E-state index in [-0.39, 0.29) is 5.75 Å². The van der Waals surface area contributed by atoms with Crippen LogP contribution in [0.15, 0.2) is 42.6 Å². The van der Waals surface area contributed by atoms with E-state index in [1.54, 1.807) is 12.1 Å². The summed E-state index contributed by atoms with van der Waals surface area (Å²) in [5.41, 5.74) is 8.45. The minimum atomic E-state index is 0.187. The molecule has 0 spiro atoms. The van der Waals surface area contributed by atoms with E-state index in [4.69, 9.17) is 10.7 Å². The van der Waals surface area contributed by atoms with Gasteiger partial charge >= 0.3 is 0 Å². The predicted molar refractivity (Wildman–Crippen MR) is 137 cm³/mol. The Morgan fingerprint density at radius 1 is 0.971 bits per heavy atom. The van der Waals surface area contributed by atoms with Crippen LogP contribution in [-0.2, 0) is 0 Å². The number of aromatic nitrogens is 4. The second kappa shape index (κ2) is 8.96. The number of nitrogens with zero attached hydrogens (tertiary/aromatic N) is 7. The molecule has 0 radical (unpaired) electrons. The highest BCUT2D eigenvalue weighted by atomic mass is 16.3. The van der Waals surface area contributed by atoms with E-state index >= 15 is 0 Å². The van der Waals surface area contributed by atoms with Crippen LogP contribution in [0.1, 0.15) is 37.4 Å². The number of aromatic hydroxyl groups is 1. The molecule has 3 fully saturated rings. The Balaban J connectivity index is 1.24. The highest BCUT2D eigenvalue weighted by Crippen LogP contribution is 2.38. The van der Waals surface area contributed by atoms with Gasteiger partial charge in [0, 0.05) is 42.9 Å². The fraction of sp³-hybridized carbons (Fsp3) is 0.462. The number of piperazine rings is 1. The molecule has 3 aromatic rings. The van der Waals surface area contributed by atoms with Gasteiger partial charge in [-0.15, -0.1) is 10.2 Å². The van der Waals surface area contributed by atoms with Crippen LogP contribution < -0.4 is 15.5 Å². The number of fused-ring (bicyclic) bond motifs is 2. The summed E-state index contributed by atoms with van der Waals surface area (Å²) in [6.07, 6.45) is 6.42. The fourth-order valence-corrected chi connectivity index (χ4v) is 5.91. The molecule has 0 amide bonds. The molecular weight excluding hydrogens is 440 g/mol. The van der Waals surface area contributed by atoms with Crippen molar-refractivity contribution in [3.8, 4) is 17.0 Å². The number of phenols is 1. The van der Waals surface area contributed by atoms with Crippen LogP contribution >= 0.6 is 0 Å². The number of para-hydroxylation sites is 1. The average Bonchev–Trinajstić information content (AvgIpc) is 3.14. The number of benzene rings is 1. The monoisotopic (exact) mass is 472 g/mol. The zero-order valence-corrected chi connectivity index (χ0v) is 20.1. The summed E-state index contributed by atoms with van der Waals surface area (Å²) in [4.78, 5) is 16.9. The molecule has 3 aliphatic heterocycles. The second-order valence-electron chi connectivity index (χ2n) is 10.1. The molecule has 35 heavy (non-hydrogen) atoms. The first-order chi connectivity index (χ1) is 17.1. The smallest absolute Gasteiger partial charge is 0.169 e. The van der Waals surface area contributed by atoms with Crippen LogP contribution in [0.4, 0.5) is 17.3 Å². The van der Waals surface area contributed by atoms with Gasteiger partial charge in [-0.3, -0.25) is 0 Å². The van der Waals surface area contributed by atoms with Gasteiger partial charge in [-0.2, -0.15) is 0 Å². The van der Waals surface area contributed by atoms with Gasteiger partial charge in [0.05, 0.1) is 11.4 Å². The second-order valence-corrected chi connectivity index (χ2v) is 10.1. The maximum Gasteiger partial charge on any atom is 0.169 e. The van der Waals surface area contributed by atoms with E-state index in [0.29, 0.717) is 35.1 Å². The predicted octanol–water partition coefficient (Wildman–Crippen LogP) is 2.89. The summed E-state index contributed by atoms with van der Waals surface area (Å²) in [6, 6.07) is 11.9. The summed E-state index contributed by atoms with van der Waals surface area (Å²) in [5.74, 6) is 3.10. The number of hydrogen-bond donors (Lipinski definition) is 2. The van der Waals surface area contributed by atoms with Gasteiger partial charge in [0.1, 0.15) is 17.4 Å². The topological polar surface area (TPSA) is 108 Å². The molecule has 9 nitrogen and oxygen atoms in total. The number of anilines is 3. The normalized spacial score (nSPS) is 23.1. The quantitative estimate of drug-likeness (QED) is 0.592. The van der Waals surface area contributed by atoms with E-state index in [2.05, 4.69) is 43.0 Å². The first-order valence-electron chi connectivity index (χ1n) is 12.5. The van der Waals surface area contributed by atoms with Crippen molar-refractivity contribution in [1.29, 1.82) is 0 Å². The van der Waals surface area contributed by atoms with Crippen molar-refractivity contribution in [3.05, 3.63) is 48.4 Å². The molecule has 2 bridgehead atoms. The van der Waals surface area contributed by atoms with Gasteiger partial charge in [0.15, 0.2) is 5.82 Å². The molecule has 2 unspecified atom stereocenters. The van der Waals surface area contributed by atoms with Gasteiger partial charge in [-0.1, -0.05) is 12.1 Å². The fourth-order valence-electron chi connectivity index (χ4n) is 5.91. The zero-order valence-electron chi connectivity index (χ0n) is 20.1. The molecule has 182 valence electrons. The number of rotatable bonds is 4. The molecule has 6 rings (SSSR count). The Hall–Kier alpha value is -3.46. The number of phenolic OH excluding ortho intramolecular Hbond substituents is 1. The molecule has 3 aliphatic rings. The summed E-state index contributed by atoms with van der Waals surface area (Å²) in [5, 5.41) is 18.8. The SMILES string of the molecule is CN1CCC(c2nccc(N3C4CCC3CN(c3cc(-c5ccccc5O)nnc3N)C4)n2)CC1. The minimum Gasteiger partial charge on any atom is -0.507 e. The average molecular weight is 473 g/mol. The Morgan fingerprint density at radius 2 is 1.71 bits per heavy atom. The van der Waals surface area contributed by atoms with E-state index in [9.17, 15) is 5.11 Å².